The summed E-state index contributed by atoms with van der Waals surface area (Å²) in [7, 11) is 3.13. The van der Waals surface area contributed by atoms with Crippen LogP contribution in [0.25, 0.3) is 0 Å². The average Bonchev–Trinajstić information content (AvgIpc) is 2.38. The van der Waals surface area contributed by atoms with Gasteiger partial charge in [-0.3, -0.25) is 14.6 Å². The van der Waals surface area contributed by atoms with Gasteiger partial charge in [0.2, 0.25) is 5.91 Å². The van der Waals surface area contributed by atoms with Gasteiger partial charge in [-0.2, -0.15) is 0 Å². The molecule has 6 nitrogen and oxygen atoms in total. The number of ether oxygens (including phenoxy) is 1. The molecule has 2 amide bonds. The number of hydrogen-bond acceptors (Lipinski definition) is 4. The first-order valence-corrected chi connectivity index (χ1v) is 6.45. The number of amides is 2. The standard InChI is InChI=1S/C12H16BrN3O3/c1-16(8-11(17)15-3-4-19-2)12(18)9-5-10(13)7-14-6-9/h5-7H,3-4,8H2,1-2H3,(H,15,17). The summed E-state index contributed by atoms with van der Waals surface area (Å²) in [5, 5.41) is 2.65. The summed E-state index contributed by atoms with van der Waals surface area (Å²) in [6, 6.07) is 1.66. The van der Waals surface area contributed by atoms with Crippen LogP contribution in [0.2, 0.25) is 0 Å². The fourth-order valence-electron chi connectivity index (χ4n) is 1.38. The Labute approximate surface area is 120 Å². The van der Waals surface area contributed by atoms with Crippen molar-refractivity contribution < 1.29 is 14.3 Å². The first-order chi connectivity index (χ1) is 9.04. The molecule has 1 N–H and O–H groups in total. The van der Waals surface area contributed by atoms with E-state index in [0.29, 0.717) is 18.7 Å². The van der Waals surface area contributed by atoms with Gasteiger partial charge in [0.25, 0.3) is 5.91 Å². The van der Waals surface area contributed by atoms with Gasteiger partial charge in [0.05, 0.1) is 18.7 Å². The SMILES string of the molecule is COCCNC(=O)CN(C)C(=O)c1cncc(Br)c1. The smallest absolute Gasteiger partial charge is 0.255 e. The van der Waals surface area contributed by atoms with E-state index in [9.17, 15) is 9.59 Å². The van der Waals surface area contributed by atoms with Crippen LogP contribution in [0.15, 0.2) is 22.9 Å². The van der Waals surface area contributed by atoms with Crippen molar-refractivity contribution in [1.82, 2.24) is 15.2 Å². The monoisotopic (exact) mass is 329 g/mol. The molecule has 19 heavy (non-hydrogen) atoms. The lowest BCUT2D eigenvalue weighted by Crippen LogP contribution is -2.39. The van der Waals surface area contributed by atoms with Gasteiger partial charge in [-0.1, -0.05) is 0 Å². The van der Waals surface area contributed by atoms with Gasteiger partial charge in [0, 0.05) is 37.6 Å². The quantitative estimate of drug-likeness (QED) is 0.779. The molecule has 0 saturated heterocycles. The number of carbonyl (C=O) groups excluding carboxylic acids is 2. The predicted molar refractivity (Wildman–Crippen MR) is 73.8 cm³/mol. The number of hydrogen-bond donors (Lipinski definition) is 1. The van der Waals surface area contributed by atoms with Crippen LogP contribution in [-0.2, 0) is 9.53 Å². The van der Waals surface area contributed by atoms with Crippen LogP contribution >= 0.6 is 15.9 Å². The third-order valence-electron chi connectivity index (χ3n) is 2.31. The van der Waals surface area contributed by atoms with Gasteiger partial charge in [-0.15, -0.1) is 0 Å². The minimum Gasteiger partial charge on any atom is -0.383 e. The van der Waals surface area contributed by atoms with Crippen molar-refractivity contribution in [2.75, 3.05) is 33.9 Å². The predicted octanol–water partition coefficient (Wildman–Crippen LogP) is 0.679. The minimum atomic E-state index is -0.254. The van der Waals surface area contributed by atoms with E-state index in [2.05, 4.69) is 26.2 Å². The molecule has 0 aromatic carbocycles. The Balaban J connectivity index is 2.51. The van der Waals surface area contributed by atoms with Gasteiger partial charge >= 0.3 is 0 Å². The maximum atomic E-state index is 12.0. The number of halogens is 1. The molecule has 1 aromatic heterocycles. The van der Waals surface area contributed by atoms with Crippen LogP contribution in [0.3, 0.4) is 0 Å². The topological polar surface area (TPSA) is 71.5 Å². The molecule has 0 fully saturated rings. The molecule has 0 spiro atoms. The Morgan fingerprint density at radius 3 is 2.84 bits per heavy atom. The fraction of sp³-hybridized carbons (Fsp3) is 0.417. The van der Waals surface area contributed by atoms with Crippen molar-refractivity contribution >= 4 is 27.7 Å². The Morgan fingerprint density at radius 1 is 1.47 bits per heavy atom. The second kappa shape index (κ2) is 7.85. The molecule has 0 atom stereocenters. The molecule has 0 aliphatic heterocycles. The van der Waals surface area contributed by atoms with Gasteiger partial charge in [-0.05, 0) is 22.0 Å². The van der Waals surface area contributed by atoms with E-state index in [0.717, 1.165) is 4.47 Å². The summed E-state index contributed by atoms with van der Waals surface area (Å²) >= 11 is 3.25. The van der Waals surface area contributed by atoms with Crippen LogP contribution in [0, 0.1) is 0 Å². The van der Waals surface area contributed by atoms with Gasteiger partial charge in [0.15, 0.2) is 0 Å². The number of rotatable bonds is 6. The number of aromatic nitrogens is 1. The summed E-state index contributed by atoms with van der Waals surface area (Å²) in [6.45, 7) is 0.865. The molecule has 0 unspecified atom stereocenters. The van der Waals surface area contributed by atoms with E-state index < -0.39 is 0 Å². The molecule has 1 rings (SSSR count). The Kier molecular flexibility index (Phi) is 6.44. The highest BCUT2D eigenvalue weighted by molar-refractivity contribution is 9.10. The Hall–Kier alpha value is -1.47. The molecule has 1 aromatic rings. The zero-order valence-corrected chi connectivity index (χ0v) is 12.4. The summed E-state index contributed by atoms with van der Waals surface area (Å²) in [5.41, 5.74) is 0.432. The van der Waals surface area contributed by atoms with Crippen molar-refractivity contribution in [1.29, 1.82) is 0 Å². The van der Waals surface area contributed by atoms with Gasteiger partial charge in [0.1, 0.15) is 0 Å². The lowest BCUT2D eigenvalue weighted by atomic mass is 10.2. The first-order valence-electron chi connectivity index (χ1n) is 5.66. The molecule has 7 heteroatoms. The Morgan fingerprint density at radius 2 is 2.21 bits per heavy atom. The zero-order chi connectivity index (χ0) is 14.3. The van der Waals surface area contributed by atoms with Crippen LogP contribution in [0.1, 0.15) is 10.4 Å². The molecule has 1 heterocycles. The highest BCUT2D eigenvalue weighted by Crippen LogP contribution is 2.10. The highest BCUT2D eigenvalue weighted by Gasteiger charge is 2.15. The van der Waals surface area contributed by atoms with E-state index in [4.69, 9.17) is 4.74 Å². The van der Waals surface area contributed by atoms with E-state index in [-0.39, 0.29) is 18.4 Å². The summed E-state index contributed by atoms with van der Waals surface area (Å²) < 4.78 is 5.54. The number of carbonyl (C=O) groups is 2. The number of nitrogens with zero attached hydrogens (tertiary/aromatic N) is 2. The van der Waals surface area contributed by atoms with Crippen LogP contribution in [0.4, 0.5) is 0 Å². The van der Waals surface area contributed by atoms with E-state index in [1.54, 1.807) is 26.4 Å². The highest BCUT2D eigenvalue weighted by atomic mass is 79.9. The molecule has 0 bridgehead atoms. The Bertz CT molecular complexity index is 454. The van der Waals surface area contributed by atoms with Crippen molar-refractivity contribution in [3.8, 4) is 0 Å². The maximum Gasteiger partial charge on any atom is 0.255 e. The number of likely N-dealkylation sites (N-methyl/N-ethyl adjacent to an activating group) is 1. The van der Waals surface area contributed by atoms with Gasteiger partial charge in [-0.25, -0.2) is 0 Å². The van der Waals surface area contributed by atoms with Crippen molar-refractivity contribution in [3.63, 3.8) is 0 Å². The normalized spacial score (nSPS) is 10.1. The lowest BCUT2D eigenvalue weighted by molar-refractivity contribution is -0.121. The molecular formula is C12H16BrN3O3. The first kappa shape index (κ1) is 15.6. The average molecular weight is 330 g/mol. The molecule has 104 valence electrons. The van der Waals surface area contributed by atoms with Crippen molar-refractivity contribution in [2.24, 2.45) is 0 Å². The molecule has 0 radical (unpaired) electrons. The molecule has 0 aliphatic rings. The second-order valence-electron chi connectivity index (χ2n) is 3.90. The molecule has 0 saturated carbocycles. The van der Waals surface area contributed by atoms with Crippen molar-refractivity contribution in [2.45, 2.75) is 0 Å². The minimum absolute atomic E-state index is 0.00490. The van der Waals surface area contributed by atoms with E-state index in [1.165, 1.54) is 11.1 Å². The van der Waals surface area contributed by atoms with Crippen molar-refractivity contribution in [3.05, 3.63) is 28.5 Å². The fourth-order valence-corrected chi connectivity index (χ4v) is 1.75. The van der Waals surface area contributed by atoms with Crippen LogP contribution in [-0.4, -0.2) is 55.6 Å². The second-order valence-corrected chi connectivity index (χ2v) is 4.81. The van der Waals surface area contributed by atoms with Crippen LogP contribution in [0.5, 0.6) is 0 Å². The van der Waals surface area contributed by atoms with Gasteiger partial charge < -0.3 is 15.0 Å². The lowest BCUT2D eigenvalue weighted by Gasteiger charge is -2.16. The number of methoxy groups -OCH3 is 1. The number of pyridine rings is 1. The molecular weight excluding hydrogens is 314 g/mol. The maximum absolute atomic E-state index is 12.0. The van der Waals surface area contributed by atoms with E-state index >= 15 is 0 Å². The van der Waals surface area contributed by atoms with Crippen LogP contribution < -0.4 is 5.32 Å². The summed E-state index contributed by atoms with van der Waals surface area (Å²) in [6.07, 6.45) is 3.06. The number of nitrogens with one attached hydrogen (secondary N) is 1. The largest absolute Gasteiger partial charge is 0.383 e. The third kappa shape index (κ3) is 5.35. The summed E-state index contributed by atoms with van der Waals surface area (Å²) in [4.78, 5) is 28.8. The summed E-state index contributed by atoms with van der Waals surface area (Å²) in [5.74, 6) is -0.480. The zero-order valence-electron chi connectivity index (χ0n) is 10.9. The third-order valence-corrected chi connectivity index (χ3v) is 2.74. The van der Waals surface area contributed by atoms with E-state index in [1.807, 2.05) is 0 Å². The molecule has 0 aliphatic carbocycles.